The lowest BCUT2D eigenvalue weighted by atomic mass is 9.91. The van der Waals surface area contributed by atoms with Gasteiger partial charge in [-0.2, -0.15) is 5.10 Å². The number of halogens is 1. The Kier molecular flexibility index (Phi) is 3.38. The predicted molar refractivity (Wildman–Crippen MR) is 88.9 cm³/mol. The number of primary amides is 1. The first-order valence-electron chi connectivity index (χ1n) is 7.44. The fraction of sp³-hybridized carbons (Fsp3) is 0.176. The molecule has 0 fully saturated rings. The topological polar surface area (TPSA) is 70.1 Å². The lowest BCUT2D eigenvalue weighted by Crippen LogP contribution is -2.13. The van der Waals surface area contributed by atoms with Crippen molar-refractivity contribution in [1.29, 1.82) is 0 Å². The maximum atomic E-state index is 13.1. The van der Waals surface area contributed by atoms with Crippen molar-refractivity contribution in [1.82, 2.24) is 9.78 Å². The molecule has 0 radical (unpaired) electrons. The lowest BCUT2D eigenvalue weighted by Gasteiger charge is -2.16. The van der Waals surface area contributed by atoms with Gasteiger partial charge >= 0.3 is 0 Å². The summed E-state index contributed by atoms with van der Waals surface area (Å²) in [4.78, 5) is 12.3. The molecule has 4 rings (SSSR count). The summed E-state index contributed by atoms with van der Waals surface area (Å²) in [6.45, 7) is 0. The minimum Gasteiger partial charge on any atom is -0.446 e. The molecule has 0 atom stereocenters. The highest BCUT2D eigenvalue weighted by molar-refractivity contribution is 7.16. The normalized spacial score (nSPS) is 12.6. The van der Waals surface area contributed by atoms with Crippen LogP contribution in [0.1, 0.15) is 20.8 Å². The number of amides is 1. The minimum atomic E-state index is -0.462. The van der Waals surface area contributed by atoms with Crippen LogP contribution in [0.25, 0.3) is 11.3 Å². The van der Waals surface area contributed by atoms with E-state index in [1.54, 1.807) is 16.8 Å². The van der Waals surface area contributed by atoms with E-state index >= 15 is 0 Å². The highest BCUT2D eigenvalue weighted by atomic mass is 32.1. The van der Waals surface area contributed by atoms with E-state index in [1.807, 2.05) is 13.2 Å². The summed E-state index contributed by atoms with van der Waals surface area (Å²) < 4.78 is 20.8. The summed E-state index contributed by atoms with van der Waals surface area (Å²) in [5.74, 6) is -0.288. The molecule has 0 spiro atoms. The van der Waals surface area contributed by atoms with Gasteiger partial charge in [-0.05, 0) is 48.2 Å². The monoisotopic (exact) mass is 343 g/mol. The Bertz CT molecular complexity index is 944. The Morgan fingerprint density at radius 1 is 1.33 bits per heavy atom. The average molecular weight is 343 g/mol. The molecule has 2 N–H and O–H groups in total. The molecule has 0 bridgehead atoms. The summed E-state index contributed by atoms with van der Waals surface area (Å²) in [7, 11) is 1.86. The van der Waals surface area contributed by atoms with E-state index < -0.39 is 5.91 Å². The van der Waals surface area contributed by atoms with Gasteiger partial charge in [0.1, 0.15) is 11.6 Å². The summed E-state index contributed by atoms with van der Waals surface area (Å²) in [5, 5.41) is 4.89. The van der Waals surface area contributed by atoms with Gasteiger partial charge in [0.05, 0.1) is 22.3 Å². The van der Waals surface area contributed by atoms with Gasteiger partial charge in [0, 0.05) is 7.05 Å². The number of hydrogen-bond acceptors (Lipinski definition) is 4. The van der Waals surface area contributed by atoms with Crippen LogP contribution >= 0.6 is 11.3 Å². The second-order valence-corrected chi connectivity index (χ2v) is 6.62. The summed E-state index contributed by atoms with van der Waals surface area (Å²) in [5.41, 5.74) is 9.36. The fourth-order valence-corrected chi connectivity index (χ4v) is 4.12. The van der Waals surface area contributed by atoms with Gasteiger partial charge in [0.15, 0.2) is 5.06 Å². The second-order valence-electron chi connectivity index (χ2n) is 5.63. The molecule has 2 aromatic heterocycles. The van der Waals surface area contributed by atoms with Crippen LogP contribution in [0, 0.1) is 5.82 Å². The standard InChI is InChI=1S/C17H14FN3O2S/c1-21-14-9(8-20-21)2-7-12-13(14)17(24-15(12)16(19)22)23-11-5-3-10(18)4-6-11/h3-6,8H,2,7H2,1H3,(H2,19,22). The number of ether oxygens (including phenoxy) is 1. The summed E-state index contributed by atoms with van der Waals surface area (Å²) in [6.07, 6.45) is 3.36. The fourth-order valence-electron chi connectivity index (χ4n) is 3.05. The Labute approximate surface area is 141 Å². The van der Waals surface area contributed by atoms with Crippen molar-refractivity contribution < 1.29 is 13.9 Å². The van der Waals surface area contributed by atoms with Gasteiger partial charge in [-0.25, -0.2) is 4.39 Å². The van der Waals surface area contributed by atoms with Crippen molar-refractivity contribution in [2.45, 2.75) is 12.8 Å². The Hall–Kier alpha value is -2.67. The Balaban J connectivity index is 1.87. The van der Waals surface area contributed by atoms with E-state index in [1.165, 1.54) is 23.5 Å². The number of nitrogens with two attached hydrogens (primary N) is 1. The molecule has 1 aromatic carbocycles. The number of thiophene rings is 1. The Morgan fingerprint density at radius 2 is 2.08 bits per heavy atom. The van der Waals surface area contributed by atoms with Crippen LogP contribution in [-0.4, -0.2) is 15.7 Å². The van der Waals surface area contributed by atoms with Crippen molar-refractivity contribution in [2.24, 2.45) is 12.8 Å². The first kappa shape index (κ1) is 14.9. The molecule has 5 nitrogen and oxygen atoms in total. The smallest absolute Gasteiger partial charge is 0.259 e. The van der Waals surface area contributed by atoms with E-state index in [2.05, 4.69) is 5.10 Å². The van der Waals surface area contributed by atoms with Gasteiger partial charge < -0.3 is 10.5 Å². The van der Waals surface area contributed by atoms with Crippen molar-refractivity contribution in [2.75, 3.05) is 0 Å². The molecule has 0 saturated carbocycles. The van der Waals surface area contributed by atoms with Crippen molar-refractivity contribution in [3.63, 3.8) is 0 Å². The number of aromatic nitrogens is 2. The van der Waals surface area contributed by atoms with Gasteiger partial charge in [0.2, 0.25) is 0 Å². The van der Waals surface area contributed by atoms with Gasteiger partial charge in [-0.1, -0.05) is 11.3 Å². The zero-order valence-electron chi connectivity index (χ0n) is 12.9. The van der Waals surface area contributed by atoms with Crippen LogP contribution in [-0.2, 0) is 19.9 Å². The minimum absolute atomic E-state index is 0.331. The molecule has 122 valence electrons. The predicted octanol–water partition coefficient (Wildman–Crippen LogP) is 3.28. The van der Waals surface area contributed by atoms with Gasteiger partial charge in [0.25, 0.3) is 5.91 Å². The Morgan fingerprint density at radius 3 is 2.79 bits per heavy atom. The number of hydrogen-bond donors (Lipinski definition) is 1. The van der Waals surface area contributed by atoms with E-state index in [4.69, 9.17) is 10.5 Å². The molecule has 24 heavy (non-hydrogen) atoms. The molecular formula is C17H14FN3O2S. The molecule has 1 aliphatic rings. The maximum absolute atomic E-state index is 13.1. The molecule has 0 unspecified atom stereocenters. The quantitative estimate of drug-likeness (QED) is 0.793. The SMILES string of the molecule is Cn1ncc2c1-c1c(Oc3ccc(F)cc3)sc(C(N)=O)c1CC2. The highest BCUT2D eigenvalue weighted by Gasteiger charge is 2.30. The number of rotatable bonds is 3. The van der Waals surface area contributed by atoms with Crippen LogP contribution in [0.2, 0.25) is 0 Å². The van der Waals surface area contributed by atoms with Crippen molar-refractivity contribution in [3.8, 4) is 22.1 Å². The summed E-state index contributed by atoms with van der Waals surface area (Å²) in [6, 6.07) is 5.77. The van der Waals surface area contributed by atoms with Crippen molar-refractivity contribution in [3.05, 3.63) is 52.3 Å². The van der Waals surface area contributed by atoms with Crippen LogP contribution in [0.4, 0.5) is 4.39 Å². The molecule has 2 heterocycles. The van der Waals surface area contributed by atoms with E-state index in [0.29, 0.717) is 15.7 Å². The first-order valence-corrected chi connectivity index (χ1v) is 8.26. The van der Waals surface area contributed by atoms with Gasteiger partial charge in [-0.3, -0.25) is 9.48 Å². The molecular weight excluding hydrogens is 329 g/mol. The zero-order valence-corrected chi connectivity index (χ0v) is 13.7. The largest absolute Gasteiger partial charge is 0.446 e. The van der Waals surface area contributed by atoms with Crippen LogP contribution in [0.15, 0.2) is 30.5 Å². The second kappa shape index (κ2) is 5.45. The van der Waals surface area contributed by atoms with Crippen LogP contribution in [0.5, 0.6) is 10.8 Å². The number of nitrogens with zero attached hydrogens (tertiary/aromatic N) is 2. The highest BCUT2D eigenvalue weighted by Crippen LogP contribution is 2.48. The molecule has 1 amide bonds. The van der Waals surface area contributed by atoms with E-state index in [9.17, 15) is 9.18 Å². The van der Waals surface area contributed by atoms with Crippen molar-refractivity contribution >= 4 is 17.2 Å². The third-order valence-electron chi connectivity index (χ3n) is 4.12. The third-order valence-corrected chi connectivity index (χ3v) is 5.24. The molecule has 7 heteroatoms. The number of carbonyl (C=O) groups excluding carboxylic acids is 1. The van der Waals surface area contributed by atoms with Crippen LogP contribution < -0.4 is 10.5 Å². The number of carbonyl (C=O) groups is 1. The molecule has 1 aliphatic carbocycles. The maximum Gasteiger partial charge on any atom is 0.259 e. The van der Waals surface area contributed by atoms with Gasteiger partial charge in [-0.15, -0.1) is 0 Å². The number of benzene rings is 1. The average Bonchev–Trinajstić information content (AvgIpc) is 3.11. The number of aryl methyl sites for hydroxylation is 2. The lowest BCUT2D eigenvalue weighted by molar-refractivity contribution is 0.100. The van der Waals surface area contributed by atoms with E-state index in [0.717, 1.165) is 35.2 Å². The summed E-state index contributed by atoms with van der Waals surface area (Å²) >= 11 is 1.23. The number of fused-ring (bicyclic) bond motifs is 3. The first-order chi connectivity index (χ1) is 11.5. The van der Waals surface area contributed by atoms with E-state index in [-0.39, 0.29) is 5.82 Å². The zero-order chi connectivity index (χ0) is 16.8. The molecule has 3 aromatic rings. The molecule has 0 saturated heterocycles. The third kappa shape index (κ3) is 2.28. The van der Waals surface area contributed by atoms with Crippen LogP contribution in [0.3, 0.4) is 0 Å². The molecule has 0 aliphatic heterocycles.